The van der Waals surface area contributed by atoms with Crippen molar-refractivity contribution in [3.8, 4) is 0 Å². The maximum atomic E-state index is 12.7. The SMILES string of the molecule is CC(=O)O[C@H]1[C@H](OC(C)=O)C[C@@H](c2ccncc2N)O[C@@H]1COS(=O)(=O)c1ccc(C)cc1. The van der Waals surface area contributed by atoms with E-state index in [2.05, 4.69) is 4.98 Å². The molecule has 1 fully saturated rings. The number of rotatable bonds is 7. The smallest absolute Gasteiger partial charge is 0.303 e. The molecule has 0 radical (unpaired) electrons. The Morgan fingerprint density at radius 2 is 1.79 bits per heavy atom. The van der Waals surface area contributed by atoms with E-state index in [1.54, 1.807) is 18.2 Å². The van der Waals surface area contributed by atoms with Gasteiger partial charge in [-0.05, 0) is 25.1 Å². The molecular weight excluding hydrogens is 452 g/mol. The van der Waals surface area contributed by atoms with Gasteiger partial charge in [-0.15, -0.1) is 0 Å². The quantitative estimate of drug-likeness (QED) is 0.464. The number of esters is 2. The van der Waals surface area contributed by atoms with Crippen molar-refractivity contribution in [3.63, 3.8) is 0 Å². The summed E-state index contributed by atoms with van der Waals surface area (Å²) in [5, 5.41) is 0. The molecule has 1 aliphatic heterocycles. The molecule has 2 N–H and O–H groups in total. The topological polar surface area (TPSA) is 144 Å². The van der Waals surface area contributed by atoms with E-state index in [1.165, 1.54) is 38.4 Å². The molecular formula is C22H26N2O8S. The summed E-state index contributed by atoms with van der Waals surface area (Å²) in [4.78, 5) is 27.4. The van der Waals surface area contributed by atoms with Crippen molar-refractivity contribution < 1.29 is 36.4 Å². The molecule has 0 saturated carbocycles. The molecule has 0 spiro atoms. The highest BCUT2D eigenvalue weighted by Gasteiger charge is 2.44. The molecule has 0 unspecified atom stereocenters. The van der Waals surface area contributed by atoms with Gasteiger partial charge in [0.25, 0.3) is 10.1 Å². The van der Waals surface area contributed by atoms with Crippen LogP contribution in [-0.4, -0.2) is 50.3 Å². The normalized spacial score (nSPS) is 23.0. The number of nitrogens with two attached hydrogens (primary N) is 1. The van der Waals surface area contributed by atoms with Crippen molar-refractivity contribution in [2.45, 2.75) is 56.5 Å². The zero-order chi connectivity index (χ0) is 24.2. The number of hydrogen-bond donors (Lipinski definition) is 1. The lowest BCUT2D eigenvalue weighted by Gasteiger charge is -2.40. The van der Waals surface area contributed by atoms with E-state index in [-0.39, 0.29) is 11.3 Å². The molecule has 2 heterocycles. The maximum absolute atomic E-state index is 12.7. The second-order valence-corrected chi connectivity index (χ2v) is 9.29. The number of nitrogen functional groups attached to an aromatic ring is 1. The largest absolute Gasteiger partial charge is 0.458 e. The van der Waals surface area contributed by atoms with Crippen LogP contribution in [0.4, 0.5) is 5.69 Å². The predicted octanol–water partition coefficient (Wildman–Crippen LogP) is 2.07. The van der Waals surface area contributed by atoms with Gasteiger partial charge in [-0.25, -0.2) is 0 Å². The number of ether oxygens (including phenoxy) is 3. The highest BCUT2D eigenvalue weighted by Crippen LogP contribution is 2.37. The van der Waals surface area contributed by atoms with Crippen LogP contribution in [-0.2, 0) is 38.1 Å². The third-order valence-electron chi connectivity index (χ3n) is 5.07. The van der Waals surface area contributed by atoms with Gasteiger partial charge in [-0.3, -0.25) is 18.8 Å². The highest BCUT2D eigenvalue weighted by atomic mass is 32.2. The van der Waals surface area contributed by atoms with E-state index in [4.69, 9.17) is 24.1 Å². The van der Waals surface area contributed by atoms with E-state index in [0.29, 0.717) is 11.3 Å². The van der Waals surface area contributed by atoms with Crippen LogP contribution in [0.25, 0.3) is 0 Å². The van der Waals surface area contributed by atoms with Crippen LogP contribution in [0.15, 0.2) is 47.6 Å². The fourth-order valence-corrected chi connectivity index (χ4v) is 4.49. The molecule has 178 valence electrons. The molecule has 1 saturated heterocycles. The summed E-state index contributed by atoms with van der Waals surface area (Å²) in [5.74, 6) is -1.23. The van der Waals surface area contributed by atoms with E-state index < -0.39 is 53.1 Å². The predicted molar refractivity (Wildman–Crippen MR) is 116 cm³/mol. The van der Waals surface area contributed by atoms with Crippen LogP contribution in [0, 0.1) is 6.92 Å². The van der Waals surface area contributed by atoms with Crippen LogP contribution >= 0.6 is 0 Å². The Morgan fingerprint density at radius 1 is 1.12 bits per heavy atom. The number of carbonyl (C=O) groups excluding carboxylic acids is 2. The summed E-state index contributed by atoms with van der Waals surface area (Å²) in [5.41, 5.74) is 7.85. The van der Waals surface area contributed by atoms with Crippen LogP contribution in [0.5, 0.6) is 0 Å². The van der Waals surface area contributed by atoms with E-state index in [1.807, 2.05) is 6.92 Å². The van der Waals surface area contributed by atoms with Crippen LogP contribution in [0.2, 0.25) is 0 Å². The van der Waals surface area contributed by atoms with E-state index >= 15 is 0 Å². The highest BCUT2D eigenvalue weighted by molar-refractivity contribution is 7.86. The van der Waals surface area contributed by atoms with Crippen LogP contribution in [0.1, 0.15) is 37.5 Å². The first-order chi connectivity index (χ1) is 15.6. The van der Waals surface area contributed by atoms with Crippen molar-refractivity contribution in [3.05, 3.63) is 53.9 Å². The number of carbonyl (C=O) groups is 2. The van der Waals surface area contributed by atoms with Crippen molar-refractivity contribution in [1.82, 2.24) is 4.98 Å². The summed E-state index contributed by atoms with van der Waals surface area (Å²) in [6.07, 6.45) is -0.628. The lowest BCUT2D eigenvalue weighted by molar-refractivity contribution is -0.211. The van der Waals surface area contributed by atoms with Gasteiger partial charge in [0.05, 0.1) is 29.5 Å². The summed E-state index contributed by atoms with van der Waals surface area (Å²) in [6.45, 7) is 3.77. The Hall–Kier alpha value is -3.02. The fourth-order valence-electron chi connectivity index (χ4n) is 3.57. The molecule has 0 bridgehead atoms. The van der Waals surface area contributed by atoms with Gasteiger partial charge in [-0.2, -0.15) is 8.42 Å². The molecule has 1 aromatic carbocycles. The molecule has 1 aliphatic rings. The van der Waals surface area contributed by atoms with Crippen molar-refractivity contribution in [2.24, 2.45) is 0 Å². The first-order valence-corrected chi connectivity index (χ1v) is 11.6. The minimum Gasteiger partial charge on any atom is -0.458 e. The third-order valence-corrected chi connectivity index (χ3v) is 6.36. The van der Waals surface area contributed by atoms with E-state index in [9.17, 15) is 18.0 Å². The fraction of sp³-hybridized carbons (Fsp3) is 0.409. The lowest BCUT2D eigenvalue weighted by atomic mass is 9.93. The van der Waals surface area contributed by atoms with Gasteiger partial charge in [-0.1, -0.05) is 17.7 Å². The zero-order valence-corrected chi connectivity index (χ0v) is 19.3. The Balaban J connectivity index is 1.89. The Kier molecular flexibility index (Phi) is 7.67. The van der Waals surface area contributed by atoms with Gasteiger partial charge in [0.1, 0.15) is 12.2 Å². The zero-order valence-electron chi connectivity index (χ0n) is 18.5. The van der Waals surface area contributed by atoms with Crippen LogP contribution < -0.4 is 5.73 Å². The number of aryl methyl sites for hydroxylation is 1. The van der Waals surface area contributed by atoms with Gasteiger partial charge in [0.2, 0.25) is 0 Å². The second-order valence-electron chi connectivity index (χ2n) is 7.68. The Morgan fingerprint density at radius 3 is 2.39 bits per heavy atom. The molecule has 1 aromatic heterocycles. The Labute approximate surface area is 192 Å². The average Bonchev–Trinajstić information content (AvgIpc) is 2.74. The molecule has 3 rings (SSSR count). The number of pyridine rings is 1. The lowest BCUT2D eigenvalue weighted by Crippen LogP contribution is -2.51. The van der Waals surface area contributed by atoms with E-state index in [0.717, 1.165) is 5.56 Å². The van der Waals surface area contributed by atoms with Gasteiger partial charge in [0, 0.05) is 32.0 Å². The molecule has 0 aliphatic carbocycles. The number of nitrogens with zero attached hydrogens (tertiary/aromatic N) is 1. The molecule has 0 amide bonds. The molecule has 33 heavy (non-hydrogen) atoms. The van der Waals surface area contributed by atoms with Crippen molar-refractivity contribution >= 4 is 27.7 Å². The summed E-state index contributed by atoms with van der Waals surface area (Å²) in [6, 6.07) is 7.80. The van der Waals surface area contributed by atoms with Crippen molar-refractivity contribution in [1.29, 1.82) is 0 Å². The van der Waals surface area contributed by atoms with Gasteiger partial charge in [0.15, 0.2) is 6.10 Å². The summed E-state index contributed by atoms with van der Waals surface area (Å²) >= 11 is 0. The molecule has 11 heteroatoms. The number of anilines is 1. The van der Waals surface area contributed by atoms with Gasteiger partial charge >= 0.3 is 11.9 Å². The third kappa shape index (κ3) is 6.28. The number of aromatic nitrogens is 1. The first kappa shape index (κ1) is 24.6. The van der Waals surface area contributed by atoms with Gasteiger partial charge < -0.3 is 19.9 Å². The molecule has 10 nitrogen and oxygen atoms in total. The second kappa shape index (κ2) is 10.3. The maximum Gasteiger partial charge on any atom is 0.303 e. The molecule has 2 aromatic rings. The number of hydrogen-bond acceptors (Lipinski definition) is 10. The standard InChI is InChI=1S/C22H26N2O8S/c1-13-4-6-16(7-5-13)33(27,28)29-12-21-22(31-15(3)26)20(30-14(2)25)10-19(32-21)17-8-9-24-11-18(17)23/h4-9,11,19-22H,10,12,23H2,1-3H3/t19-,20+,21+,22-/m0/s1. The average molecular weight is 479 g/mol. The minimum atomic E-state index is -4.12. The number of benzene rings is 1. The summed E-state index contributed by atoms with van der Waals surface area (Å²) < 4.78 is 47.4. The van der Waals surface area contributed by atoms with Crippen LogP contribution in [0.3, 0.4) is 0 Å². The minimum absolute atomic E-state index is 0.0283. The monoisotopic (exact) mass is 478 g/mol. The Bertz CT molecular complexity index is 1100. The summed E-state index contributed by atoms with van der Waals surface area (Å²) in [7, 11) is -4.12. The van der Waals surface area contributed by atoms with Crippen molar-refractivity contribution in [2.75, 3.05) is 12.3 Å². The first-order valence-electron chi connectivity index (χ1n) is 10.2. The molecule has 4 atom stereocenters.